The van der Waals surface area contributed by atoms with Crippen LogP contribution in [0.25, 0.3) is 11.0 Å². The molecule has 0 saturated carbocycles. The molecule has 0 bridgehead atoms. The molecule has 1 amide bonds. The number of esters is 1. The normalized spacial score (nSPS) is 18.2. The zero-order valence-electron chi connectivity index (χ0n) is 17.0. The predicted molar refractivity (Wildman–Crippen MR) is 120 cm³/mol. The molecule has 31 heavy (non-hydrogen) atoms. The van der Waals surface area contributed by atoms with Crippen molar-refractivity contribution in [1.82, 2.24) is 9.55 Å². The number of carbonyl (C=O) groups excluding carboxylic acids is 2. The molecule has 6 nitrogen and oxygen atoms in total. The quantitative estimate of drug-likeness (QED) is 0.347. The summed E-state index contributed by atoms with van der Waals surface area (Å²) in [5, 5.41) is 1.96. The molecule has 0 N–H and O–H groups in total. The van der Waals surface area contributed by atoms with Gasteiger partial charge >= 0.3 is 5.97 Å². The lowest BCUT2D eigenvalue weighted by Gasteiger charge is -2.37. The van der Waals surface area contributed by atoms with E-state index in [2.05, 4.69) is 0 Å². The second-order valence-electron chi connectivity index (χ2n) is 7.37. The van der Waals surface area contributed by atoms with Crippen molar-refractivity contribution in [2.24, 2.45) is 5.92 Å². The second-order valence-corrected chi connectivity index (χ2v) is 8.35. The number of thiophene rings is 1. The first-order valence-corrected chi connectivity index (χ1v) is 11.1. The molecule has 0 fully saturated rings. The van der Waals surface area contributed by atoms with Crippen molar-refractivity contribution in [2.45, 2.75) is 19.5 Å². The van der Waals surface area contributed by atoms with Gasteiger partial charge in [-0.15, -0.1) is 11.3 Å². The van der Waals surface area contributed by atoms with Crippen LogP contribution in [0.2, 0.25) is 0 Å². The van der Waals surface area contributed by atoms with Crippen LogP contribution in [0.3, 0.4) is 0 Å². The van der Waals surface area contributed by atoms with Crippen molar-refractivity contribution < 1.29 is 14.3 Å². The fourth-order valence-electron chi connectivity index (χ4n) is 4.17. The van der Waals surface area contributed by atoms with Crippen LogP contribution in [0.4, 0.5) is 5.95 Å². The van der Waals surface area contributed by atoms with Gasteiger partial charge < -0.3 is 4.74 Å². The molecule has 3 heterocycles. The largest absolute Gasteiger partial charge is 0.465 e. The van der Waals surface area contributed by atoms with Crippen LogP contribution < -0.4 is 4.90 Å². The molecule has 1 aliphatic heterocycles. The maximum Gasteiger partial charge on any atom is 0.321 e. The molecule has 5 rings (SSSR count). The Morgan fingerprint density at radius 3 is 2.58 bits per heavy atom. The minimum absolute atomic E-state index is 0.218. The number of hydrogen-bond acceptors (Lipinski definition) is 5. The number of benzene rings is 2. The van der Waals surface area contributed by atoms with E-state index < -0.39 is 17.9 Å². The maximum absolute atomic E-state index is 13.8. The molecule has 4 aromatic rings. The fourth-order valence-corrected chi connectivity index (χ4v) is 5.03. The van der Waals surface area contributed by atoms with Crippen LogP contribution in [0, 0.1) is 5.92 Å². The van der Waals surface area contributed by atoms with Gasteiger partial charge in [-0.05, 0) is 36.1 Å². The first-order chi connectivity index (χ1) is 15.2. The van der Waals surface area contributed by atoms with E-state index in [4.69, 9.17) is 9.72 Å². The van der Waals surface area contributed by atoms with E-state index in [1.807, 2.05) is 76.7 Å². The third-order valence-electron chi connectivity index (χ3n) is 5.50. The van der Waals surface area contributed by atoms with Crippen LogP contribution in [0.15, 0.2) is 72.1 Å². The third kappa shape index (κ3) is 3.31. The Kier molecular flexibility index (Phi) is 5.03. The number of fused-ring (bicyclic) bond motifs is 3. The highest BCUT2D eigenvalue weighted by Crippen LogP contribution is 2.43. The topological polar surface area (TPSA) is 64.4 Å². The molecular weight excluding hydrogens is 410 g/mol. The van der Waals surface area contributed by atoms with E-state index in [1.165, 1.54) is 11.3 Å². The summed E-state index contributed by atoms with van der Waals surface area (Å²) in [4.78, 5) is 34.2. The number of imidazole rings is 1. The Morgan fingerprint density at radius 1 is 1.06 bits per heavy atom. The molecule has 0 saturated heterocycles. The molecule has 156 valence electrons. The minimum Gasteiger partial charge on any atom is -0.465 e. The first-order valence-electron chi connectivity index (χ1n) is 10.2. The lowest BCUT2D eigenvalue weighted by molar-refractivity contribution is -0.153. The smallest absolute Gasteiger partial charge is 0.321 e. The Morgan fingerprint density at radius 2 is 1.84 bits per heavy atom. The summed E-state index contributed by atoms with van der Waals surface area (Å²) in [6.07, 6.45) is 0. The molecule has 2 atom stereocenters. The standard InChI is InChI=1S/C24H21N3O3S/c1-2-30-23(29)20-21(19-13-8-14-31-19)27-18-12-7-6-11-17(18)25-24(27)26(22(20)28)15-16-9-4-3-5-10-16/h3-14,20-21H,2,15H2,1H3/t20-,21-/m1/s1. The van der Waals surface area contributed by atoms with Gasteiger partial charge in [-0.3, -0.25) is 19.1 Å². The van der Waals surface area contributed by atoms with Crippen LogP contribution >= 0.6 is 11.3 Å². The van der Waals surface area contributed by atoms with Crippen LogP contribution in [-0.4, -0.2) is 28.0 Å². The van der Waals surface area contributed by atoms with E-state index >= 15 is 0 Å². The van der Waals surface area contributed by atoms with Gasteiger partial charge in [0.05, 0.1) is 30.2 Å². The Hall–Kier alpha value is -3.45. The molecule has 0 spiro atoms. The lowest BCUT2D eigenvalue weighted by atomic mass is 9.93. The number of hydrogen-bond donors (Lipinski definition) is 0. The summed E-state index contributed by atoms with van der Waals surface area (Å²) in [6, 6.07) is 20.9. The first kappa shape index (κ1) is 19.5. The average molecular weight is 432 g/mol. The summed E-state index contributed by atoms with van der Waals surface area (Å²) in [5.41, 5.74) is 2.64. The highest BCUT2D eigenvalue weighted by atomic mass is 32.1. The third-order valence-corrected chi connectivity index (χ3v) is 6.45. The van der Waals surface area contributed by atoms with Crippen LogP contribution in [-0.2, 0) is 20.9 Å². The zero-order valence-corrected chi connectivity index (χ0v) is 17.8. The highest BCUT2D eigenvalue weighted by molar-refractivity contribution is 7.10. The summed E-state index contributed by atoms with van der Waals surface area (Å²) in [5.74, 6) is -1.22. The highest BCUT2D eigenvalue weighted by Gasteiger charge is 2.48. The fraction of sp³-hybridized carbons (Fsp3) is 0.208. The van der Waals surface area contributed by atoms with Crippen molar-refractivity contribution in [3.8, 4) is 0 Å². The average Bonchev–Trinajstić information content (AvgIpc) is 3.44. The van der Waals surface area contributed by atoms with Crippen molar-refractivity contribution in [3.63, 3.8) is 0 Å². The Balaban J connectivity index is 1.74. The Bertz CT molecular complexity index is 1230. The number of para-hydroxylation sites is 2. The van der Waals surface area contributed by atoms with E-state index in [-0.39, 0.29) is 12.5 Å². The van der Waals surface area contributed by atoms with Crippen molar-refractivity contribution in [1.29, 1.82) is 0 Å². The van der Waals surface area contributed by atoms with E-state index in [0.29, 0.717) is 12.5 Å². The van der Waals surface area contributed by atoms with Gasteiger partial charge in [0.25, 0.3) is 0 Å². The number of rotatable bonds is 5. The molecule has 0 aliphatic carbocycles. The second kappa shape index (κ2) is 8.00. The molecule has 2 aromatic heterocycles. The van der Waals surface area contributed by atoms with Crippen molar-refractivity contribution in [3.05, 3.63) is 82.6 Å². The van der Waals surface area contributed by atoms with Gasteiger partial charge in [0.1, 0.15) is 0 Å². The molecule has 0 radical (unpaired) electrons. The SMILES string of the molecule is CCOC(=O)[C@H]1C(=O)N(Cc2ccccc2)c2nc3ccccc3n2[C@@H]1c1cccs1. The predicted octanol–water partition coefficient (Wildman–Crippen LogP) is 4.41. The number of anilines is 1. The van der Waals surface area contributed by atoms with Gasteiger partial charge in [-0.2, -0.15) is 0 Å². The minimum atomic E-state index is -0.979. The van der Waals surface area contributed by atoms with Gasteiger partial charge in [-0.1, -0.05) is 48.5 Å². The van der Waals surface area contributed by atoms with Gasteiger partial charge in [0, 0.05) is 4.88 Å². The number of ether oxygens (including phenoxy) is 1. The van der Waals surface area contributed by atoms with E-state index in [1.54, 1.807) is 11.8 Å². The number of nitrogens with zero attached hydrogens (tertiary/aromatic N) is 3. The van der Waals surface area contributed by atoms with Crippen molar-refractivity contribution >= 4 is 40.2 Å². The number of aromatic nitrogens is 2. The monoisotopic (exact) mass is 431 g/mol. The molecule has 2 aromatic carbocycles. The van der Waals surface area contributed by atoms with E-state index in [0.717, 1.165) is 21.5 Å². The maximum atomic E-state index is 13.8. The van der Waals surface area contributed by atoms with Gasteiger partial charge in [0.15, 0.2) is 5.92 Å². The van der Waals surface area contributed by atoms with Gasteiger partial charge in [-0.25, -0.2) is 4.98 Å². The summed E-state index contributed by atoms with van der Waals surface area (Å²) < 4.78 is 7.39. The number of amides is 1. The number of carbonyl (C=O) groups is 2. The van der Waals surface area contributed by atoms with E-state index in [9.17, 15) is 9.59 Å². The summed E-state index contributed by atoms with van der Waals surface area (Å²) >= 11 is 1.52. The molecule has 0 unspecified atom stereocenters. The molecular formula is C24H21N3O3S. The Labute approximate surface area is 183 Å². The molecule has 7 heteroatoms. The summed E-state index contributed by atoms with van der Waals surface area (Å²) in [7, 11) is 0. The van der Waals surface area contributed by atoms with Crippen molar-refractivity contribution in [2.75, 3.05) is 11.5 Å². The van der Waals surface area contributed by atoms with Crippen LogP contribution in [0.5, 0.6) is 0 Å². The van der Waals surface area contributed by atoms with Crippen LogP contribution in [0.1, 0.15) is 23.4 Å². The lowest BCUT2D eigenvalue weighted by Crippen LogP contribution is -2.49. The summed E-state index contributed by atoms with van der Waals surface area (Å²) in [6.45, 7) is 2.30. The van der Waals surface area contributed by atoms with Gasteiger partial charge in [0.2, 0.25) is 11.9 Å². The molecule has 1 aliphatic rings. The zero-order chi connectivity index (χ0) is 21.4.